The molecule has 0 N–H and O–H groups in total. The summed E-state index contributed by atoms with van der Waals surface area (Å²) in [4.78, 5) is 19.5. The lowest BCUT2D eigenvalue weighted by molar-refractivity contribution is 0.0707. The van der Waals surface area contributed by atoms with Crippen LogP contribution in [0.25, 0.3) is 0 Å². The molecule has 0 bridgehead atoms. The second-order valence-electron chi connectivity index (χ2n) is 6.73. The maximum absolute atomic E-state index is 13.2. The maximum atomic E-state index is 13.2. The van der Waals surface area contributed by atoms with Gasteiger partial charge in [-0.05, 0) is 55.5 Å². The summed E-state index contributed by atoms with van der Waals surface area (Å²) < 4.78 is 10.8. The van der Waals surface area contributed by atoms with Gasteiger partial charge in [-0.15, -0.1) is 0 Å². The zero-order valence-corrected chi connectivity index (χ0v) is 14.6. The highest BCUT2D eigenvalue weighted by Gasteiger charge is 2.23. The first-order chi connectivity index (χ1) is 12.8. The molecular formula is C21H22N2O3. The van der Waals surface area contributed by atoms with Crippen molar-refractivity contribution in [2.75, 3.05) is 13.3 Å². The number of hydrogen-bond donors (Lipinski definition) is 0. The minimum absolute atomic E-state index is 0.00325. The number of rotatable bonds is 5. The van der Waals surface area contributed by atoms with Gasteiger partial charge in [-0.25, -0.2) is 0 Å². The molecule has 0 fully saturated rings. The highest BCUT2D eigenvalue weighted by molar-refractivity contribution is 5.95. The molecule has 5 heteroatoms. The van der Waals surface area contributed by atoms with Crippen molar-refractivity contribution in [1.82, 2.24) is 9.88 Å². The van der Waals surface area contributed by atoms with Gasteiger partial charge in [0.2, 0.25) is 6.79 Å². The average Bonchev–Trinajstić information content (AvgIpc) is 3.16. The first-order valence-electron chi connectivity index (χ1n) is 9.03. The van der Waals surface area contributed by atoms with Gasteiger partial charge in [0.1, 0.15) is 0 Å². The van der Waals surface area contributed by atoms with Gasteiger partial charge in [0.15, 0.2) is 11.5 Å². The predicted octanol–water partition coefficient (Wildman–Crippen LogP) is 3.81. The van der Waals surface area contributed by atoms with Crippen LogP contribution in [0.3, 0.4) is 0 Å². The number of aromatic nitrogens is 1. The van der Waals surface area contributed by atoms with Gasteiger partial charge in [-0.2, -0.15) is 0 Å². The van der Waals surface area contributed by atoms with E-state index in [-0.39, 0.29) is 12.7 Å². The minimum Gasteiger partial charge on any atom is -0.454 e. The monoisotopic (exact) mass is 350 g/mol. The van der Waals surface area contributed by atoms with Crippen LogP contribution in [0.5, 0.6) is 11.5 Å². The molecule has 2 aliphatic rings. The lowest BCUT2D eigenvalue weighted by Gasteiger charge is -2.28. The number of carbonyl (C=O) groups is 1. The number of nitrogens with zero attached hydrogens (tertiary/aromatic N) is 2. The van der Waals surface area contributed by atoms with E-state index in [1.54, 1.807) is 18.3 Å². The van der Waals surface area contributed by atoms with Gasteiger partial charge in [-0.3, -0.25) is 9.78 Å². The van der Waals surface area contributed by atoms with Crippen LogP contribution in [0.4, 0.5) is 0 Å². The summed E-state index contributed by atoms with van der Waals surface area (Å²) in [6, 6.07) is 11.2. The van der Waals surface area contributed by atoms with Crippen molar-refractivity contribution in [1.29, 1.82) is 0 Å². The summed E-state index contributed by atoms with van der Waals surface area (Å²) in [5.41, 5.74) is 1.52. The number of carbonyl (C=O) groups excluding carboxylic acids is 1. The predicted molar refractivity (Wildman–Crippen MR) is 98.0 cm³/mol. The Morgan fingerprint density at radius 3 is 2.88 bits per heavy atom. The molecule has 0 radical (unpaired) electrons. The van der Waals surface area contributed by atoms with E-state index >= 15 is 0 Å². The number of pyridine rings is 1. The molecule has 0 saturated heterocycles. The Kier molecular flexibility index (Phi) is 4.86. The van der Waals surface area contributed by atoms with E-state index in [0.717, 1.165) is 31.5 Å². The zero-order chi connectivity index (χ0) is 17.8. The topological polar surface area (TPSA) is 51.7 Å². The van der Waals surface area contributed by atoms with Gasteiger partial charge in [0, 0.05) is 18.3 Å². The number of hydrogen-bond acceptors (Lipinski definition) is 4. The molecule has 2 heterocycles. The van der Waals surface area contributed by atoms with Crippen LogP contribution in [-0.4, -0.2) is 29.1 Å². The number of allylic oxidation sites excluding steroid dienone is 2. The Labute approximate surface area is 153 Å². The Balaban J connectivity index is 1.56. The fraction of sp³-hybridized carbons (Fsp3) is 0.333. The molecule has 134 valence electrons. The summed E-state index contributed by atoms with van der Waals surface area (Å²) in [7, 11) is 0. The molecule has 1 aromatic heterocycles. The molecular weight excluding hydrogens is 328 g/mol. The Morgan fingerprint density at radius 1 is 1.15 bits per heavy atom. The van der Waals surface area contributed by atoms with Crippen LogP contribution in [0.2, 0.25) is 0 Å². The zero-order valence-electron chi connectivity index (χ0n) is 14.6. The van der Waals surface area contributed by atoms with E-state index in [2.05, 4.69) is 17.1 Å². The molecule has 0 unspecified atom stereocenters. The molecule has 1 aliphatic carbocycles. The SMILES string of the molecule is O=C(c1ccc2c(c1)OCO2)N(Cc1ccccn1)C[C@@H]1CC=CCC1. The summed E-state index contributed by atoms with van der Waals surface area (Å²) in [6.07, 6.45) is 9.43. The standard InChI is InChI=1S/C21H22N2O3/c24-21(17-9-10-19-20(12-17)26-15-25-19)23(13-16-6-2-1-3-7-16)14-18-8-4-5-11-22-18/h1-2,4-5,8-12,16H,3,6-7,13-15H2/t16-/m1/s1. The van der Waals surface area contributed by atoms with Crippen molar-refractivity contribution in [3.63, 3.8) is 0 Å². The molecule has 5 nitrogen and oxygen atoms in total. The van der Waals surface area contributed by atoms with E-state index in [1.165, 1.54) is 0 Å². The van der Waals surface area contributed by atoms with E-state index in [1.807, 2.05) is 29.2 Å². The average molecular weight is 350 g/mol. The van der Waals surface area contributed by atoms with Crippen LogP contribution in [-0.2, 0) is 6.54 Å². The quantitative estimate of drug-likeness (QED) is 0.770. The van der Waals surface area contributed by atoms with E-state index < -0.39 is 0 Å². The molecule has 26 heavy (non-hydrogen) atoms. The third kappa shape index (κ3) is 3.72. The molecule has 1 aliphatic heterocycles. The molecule has 2 aromatic rings. The third-order valence-electron chi connectivity index (χ3n) is 4.84. The lowest BCUT2D eigenvalue weighted by Crippen LogP contribution is -2.35. The highest BCUT2D eigenvalue weighted by atomic mass is 16.7. The van der Waals surface area contributed by atoms with Crippen molar-refractivity contribution < 1.29 is 14.3 Å². The Bertz CT molecular complexity index is 804. The van der Waals surface area contributed by atoms with E-state index in [4.69, 9.17) is 9.47 Å². The summed E-state index contributed by atoms with van der Waals surface area (Å²) in [6.45, 7) is 1.45. The smallest absolute Gasteiger partial charge is 0.254 e. The van der Waals surface area contributed by atoms with E-state index in [0.29, 0.717) is 29.5 Å². The molecule has 1 atom stereocenters. The molecule has 1 aromatic carbocycles. The van der Waals surface area contributed by atoms with Gasteiger partial charge in [0.25, 0.3) is 5.91 Å². The van der Waals surface area contributed by atoms with Crippen molar-refractivity contribution in [2.45, 2.75) is 25.8 Å². The van der Waals surface area contributed by atoms with E-state index in [9.17, 15) is 4.79 Å². The molecule has 0 spiro atoms. The second kappa shape index (κ2) is 7.60. The van der Waals surface area contributed by atoms with Gasteiger partial charge in [-0.1, -0.05) is 18.2 Å². The highest BCUT2D eigenvalue weighted by Crippen LogP contribution is 2.33. The van der Waals surface area contributed by atoms with Crippen LogP contribution < -0.4 is 9.47 Å². The van der Waals surface area contributed by atoms with Crippen molar-refractivity contribution in [2.24, 2.45) is 5.92 Å². The summed E-state index contributed by atoms with van der Waals surface area (Å²) >= 11 is 0. The molecule has 4 rings (SSSR count). The van der Waals surface area contributed by atoms with Crippen molar-refractivity contribution >= 4 is 5.91 Å². The fourth-order valence-electron chi connectivity index (χ4n) is 3.45. The van der Waals surface area contributed by atoms with Crippen LogP contribution in [0.1, 0.15) is 35.3 Å². The van der Waals surface area contributed by atoms with Crippen molar-refractivity contribution in [3.8, 4) is 11.5 Å². The van der Waals surface area contributed by atoms with Gasteiger partial charge < -0.3 is 14.4 Å². The Hall–Kier alpha value is -2.82. The number of ether oxygens (including phenoxy) is 2. The van der Waals surface area contributed by atoms with Crippen LogP contribution in [0, 0.1) is 5.92 Å². The van der Waals surface area contributed by atoms with Gasteiger partial charge >= 0.3 is 0 Å². The second-order valence-corrected chi connectivity index (χ2v) is 6.73. The largest absolute Gasteiger partial charge is 0.454 e. The first kappa shape index (κ1) is 16.6. The number of benzene rings is 1. The summed E-state index contributed by atoms with van der Waals surface area (Å²) in [5.74, 6) is 1.81. The fourth-order valence-corrected chi connectivity index (χ4v) is 3.45. The van der Waals surface area contributed by atoms with Crippen molar-refractivity contribution in [3.05, 3.63) is 66.0 Å². The van der Waals surface area contributed by atoms with Gasteiger partial charge in [0.05, 0.1) is 12.2 Å². The number of fused-ring (bicyclic) bond motifs is 1. The van der Waals surface area contributed by atoms with Crippen LogP contribution >= 0.6 is 0 Å². The first-order valence-corrected chi connectivity index (χ1v) is 9.03. The minimum atomic E-state index is 0.00325. The summed E-state index contributed by atoms with van der Waals surface area (Å²) in [5, 5.41) is 0. The lowest BCUT2D eigenvalue weighted by atomic mass is 9.93. The maximum Gasteiger partial charge on any atom is 0.254 e. The molecule has 0 saturated carbocycles. The van der Waals surface area contributed by atoms with Crippen LogP contribution in [0.15, 0.2) is 54.7 Å². The normalized spacial score (nSPS) is 17.9. The third-order valence-corrected chi connectivity index (χ3v) is 4.84. The Morgan fingerprint density at radius 2 is 2.08 bits per heavy atom. The molecule has 1 amide bonds. The number of amides is 1.